The van der Waals surface area contributed by atoms with Gasteiger partial charge in [0.05, 0.1) is 7.11 Å². The number of ether oxygens (including phenoxy) is 1. The SMILES string of the molecule is COc1cccc(C(C)(O)CNN)c1. The molecule has 1 rings (SSSR count). The van der Waals surface area contributed by atoms with Crippen molar-refractivity contribution < 1.29 is 9.84 Å². The van der Waals surface area contributed by atoms with Gasteiger partial charge in [-0.15, -0.1) is 0 Å². The number of aliphatic hydroxyl groups is 1. The molecule has 4 nitrogen and oxygen atoms in total. The minimum absolute atomic E-state index is 0.292. The summed E-state index contributed by atoms with van der Waals surface area (Å²) in [5.41, 5.74) is 2.24. The van der Waals surface area contributed by atoms with Crippen LogP contribution >= 0.6 is 0 Å². The third-order valence-electron chi connectivity index (χ3n) is 2.14. The molecule has 1 unspecified atom stereocenters. The van der Waals surface area contributed by atoms with Crippen molar-refractivity contribution in [3.05, 3.63) is 29.8 Å². The fourth-order valence-corrected chi connectivity index (χ4v) is 1.26. The summed E-state index contributed by atoms with van der Waals surface area (Å²) in [6.07, 6.45) is 0. The van der Waals surface area contributed by atoms with Gasteiger partial charge in [0.15, 0.2) is 0 Å². The number of rotatable bonds is 4. The lowest BCUT2D eigenvalue weighted by molar-refractivity contribution is 0.0570. The van der Waals surface area contributed by atoms with Crippen LogP contribution < -0.4 is 16.0 Å². The van der Waals surface area contributed by atoms with E-state index in [1.165, 1.54) is 0 Å². The van der Waals surface area contributed by atoms with Crippen LogP contribution in [0, 0.1) is 0 Å². The first-order chi connectivity index (χ1) is 6.60. The van der Waals surface area contributed by atoms with Crippen molar-refractivity contribution in [2.75, 3.05) is 13.7 Å². The van der Waals surface area contributed by atoms with E-state index in [0.29, 0.717) is 6.54 Å². The number of nitrogens with one attached hydrogen (secondary N) is 1. The second-order valence-electron chi connectivity index (χ2n) is 3.39. The highest BCUT2D eigenvalue weighted by atomic mass is 16.5. The standard InChI is InChI=1S/C10H16N2O2/c1-10(13,7-12-11)8-4-3-5-9(6-8)14-2/h3-6,12-13H,7,11H2,1-2H3. The van der Waals surface area contributed by atoms with Crippen molar-refractivity contribution in [1.29, 1.82) is 0 Å². The van der Waals surface area contributed by atoms with Gasteiger partial charge < -0.3 is 9.84 Å². The second-order valence-corrected chi connectivity index (χ2v) is 3.39. The molecule has 0 saturated carbocycles. The van der Waals surface area contributed by atoms with Crippen molar-refractivity contribution in [3.63, 3.8) is 0 Å². The van der Waals surface area contributed by atoms with Gasteiger partial charge in [-0.2, -0.15) is 0 Å². The second kappa shape index (κ2) is 4.41. The van der Waals surface area contributed by atoms with E-state index in [4.69, 9.17) is 10.6 Å². The summed E-state index contributed by atoms with van der Waals surface area (Å²) in [4.78, 5) is 0. The van der Waals surface area contributed by atoms with Crippen LogP contribution in [0.2, 0.25) is 0 Å². The fraction of sp³-hybridized carbons (Fsp3) is 0.400. The Bertz CT molecular complexity index is 300. The van der Waals surface area contributed by atoms with E-state index in [1.807, 2.05) is 18.2 Å². The zero-order chi connectivity index (χ0) is 10.6. The van der Waals surface area contributed by atoms with Gasteiger partial charge >= 0.3 is 0 Å². The van der Waals surface area contributed by atoms with Crippen molar-refractivity contribution in [2.24, 2.45) is 5.84 Å². The minimum atomic E-state index is -0.983. The van der Waals surface area contributed by atoms with Gasteiger partial charge in [0.2, 0.25) is 0 Å². The Hall–Kier alpha value is -1.10. The lowest BCUT2D eigenvalue weighted by Gasteiger charge is -2.23. The molecule has 0 aliphatic rings. The third kappa shape index (κ3) is 2.45. The summed E-state index contributed by atoms with van der Waals surface area (Å²) in [6, 6.07) is 7.28. The number of nitrogens with two attached hydrogens (primary N) is 1. The maximum Gasteiger partial charge on any atom is 0.119 e. The highest BCUT2D eigenvalue weighted by Crippen LogP contribution is 2.23. The molecule has 0 bridgehead atoms. The Labute approximate surface area is 83.7 Å². The van der Waals surface area contributed by atoms with E-state index in [1.54, 1.807) is 20.1 Å². The topological polar surface area (TPSA) is 67.5 Å². The number of hydrogen-bond acceptors (Lipinski definition) is 4. The van der Waals surface area contributed by atoms with E-state index >= 15 is 0 Å². The summed E-state index contributed by atoms with van der Waals surface area (Å²) in [5.74, 6) is 5.90. The molecule has 1 aromatic carbocycles. The van der Waals surface area contributed by atoms with Gasteiger partial charge in [0.1, 0.15) is 11.4 Å². The minimum Gasteiger partial charge on any atom is -0.497 e. The Morgan fingerprint density at radius 3 is 2.86 bits per heavy atom. The molecule has 0 spiro atoms. The normalized spacial score (nSPS) is 14.9. The quantitative estimate of drug-likeness (QED) is 0.480. The average molecular weight is 196 g/mol. The number of hydrazine groups is 1. The predicted molar refractivity (Wildman–Crippen MR) is 54.8 cm³/mol. The van der Waals surface area contributed by atoms with Crippen molar-refractivity contribution in [1.82, 2.24) is 5.43 Å². The molecular formula is C10H16N2O2. The zero-order valence-corrected chi connectivity index (χ0v) is 8.45. The lowest BCUT2D eigenvalue weighted by Crippen LogP contribution is -2.38. The molecule has 0 aliphatic carbocycles. The van der Waals surface area contributed by atoms with E-state index < -0.39 is 5.60 Å². The summed E-state index contributed by atoms with van der Waals surface area (Å²) >= 11 is 0. The number of methoxy groups -OCH3 is 1. The molecule has 14 heavy (non-hydrogen) atoms. The van der Waals surface area contributed by atoms with Crippen LogP contribution in [-0.2, 0) is 5.60 Å². The first-order valence-electron chi connectivity index (χ1n) is 4.40. The van der Waals surface area contributed by atoms with Gasteiger partial charge in [-0.3, -0.25) is 11.3 Å². The van der Waals surface area contributed by atoms with Gasteiger partial charge in [0.25, 0.3) is 0 Å². The smallest absolute Gasteiger partial charge is 0.119 e. The van der Waals surface area contributed by atoms with Crippen LogP contribution in [-0.4, -0.2) is 18.8 Å². The summed E-state index contributed by atoms with van der Waals surface area (Å²) in [6.45, 7) is 1.99. The summed E-state index contributed by atoms with van der Waals surface area (Å²) < 4.78 is 5.07. The van der Waals surface area contributed by atoms with Gasteiger partial charge in [0, 0.05) is 6.54 Å². The molecule has 0 aliphatic heterocycles. The van der Waals surface area contributed by atoms with Crippen LogP contribution in [0.3, 0.4) is 0 Å². The highest BCUT2D eigenvalue weighted by molar-refractivity contribution is 5.32. The molecule has 0 saturated heterocycles. The van der Waals surface area contributed by atoms with Crippen molar-refractivity contribution in [3.8, 4) is 5.75 Å². The van der Waals surface area contributed by atoms with Crippen LogP contribution in [0.15, 0.2) is 24.3 Å². The molecule has 0 fully saturated rings. The molecule has 0 heterocycles. The number of benzene rings is 1. The van der Waals surface area contributed by atoms with Crippen molar-refractivity contribution >= 4 is 0 Å². The van der Waals surface area contributed by atoms with Crippen LogP contribution in [0.5, 0.6) is 5.75 Å². The highest BCUT2D eigenvalue weighted by Gasteiger charge is 2.22. The van der Waals surface area contributed by atoms with Gasteiger partial charge in [-0.25, -0.2) is 0 Å². The van der Waals surface area contributed by atoms with Gasteiger partial charge in [-0.05, 0) is 24.6 Å². The molecular weight excluding hydrogens is 180 g/mol. The molecule has 0 aromatic heterocycles. The molecule has 4 N–H and O–H groups in total. The lowest BCUT2D eigenvalue weighted by atomic mass is 9.96. The Kier molecular flexibility index (Phi) is 3.46. The molecule has 0 radical (unpaired) electrons. The first kappa shape index (κ1) is 11.0. The number of hydrogen-bond donors (Lipinski definition) is 3. The van der Waals surface area contributed by atoms with E-state index in [0.717, 1.165) is 11.3 Å². The maximum absolute atomic E-state index is 10.0. The molecule has 78 valence electrons. The largest absolute Gasteiger partial charge is 0.497 e. The van der Waals surface area contributed by atoms with E-state index in [-0.39, 0.29) is 0 Å². The molecule has 0 amide bonds. The molecule has 4 heteroatoms. The van der Waals surface area contributed by atoms with Crippen molar-refractivity contribution in [2.45, 2.75) is 12.5 Å². The van der Waals surface area contributed by atoms with E-state index in [2.05, 4.69) is 5.43 Å². The van der Waals surface area contributed by atoms with Crippen LogP contribution in [0.4, 0.5) is 0 Å². The fourth-order valence-electron chi connectivity index (χ4n) is 1.26. The average Bonchev–Trinajstić information content (AvgIpc) is 2.18. The van der Waals surface area contributed by atoms with Crippen LogP contribution in [0.1, 0.15) is 12.5 Å². The molecule has 1 aromatic rings. The Morgan fingerprint density at radius 2 is 2.29 bits per heavy atom. The maximum atomic E-state index is 10.0. The first-order valence-corrected chi connectivity index (χ1v) is 4.40. The van der Waals surface area contributed by atoms with E-state index in [9.17, 15) is 5.11 Å². The third-order valence-corrected chi connectivity index (χ3v) is 2.14. The zero-order valence-electron chi connectivity index (χ0n) is 8.45. The summed E-state index contributed by atoms with van der Waals surface area (Å²) in [5, 5.41) is 10.0. The van der Waals surface area contributed by atoms with Gasteiger partial charge in [-0.1, -0.05) is 12.1 Å². The summed E-state index contributed by atoms with van der Waals surface area (Å²) in [7, 11) is 1.59. The van der Waals surface area contributed by atoms with Crippen LogP contribution in [0.25, 0.3) is 0 Å². The Morgan fingerprint density at radius 1 is 1.57 bits per heavy atom. The Balaban J connectivity index is 2.93. The monoisotopic (exact) mass is 196 g/mol. The predicted octanol–water partition coefficient (Wildman–Crippen LogP) is 0.366. The molecule has 1 atom stereocenters.